The molecule has 0 aromatic heterocycles. The summed E-state index contributed by atoms with van der Waals surface area (Å²) in [5, 5.41) is 5.69. The number of imide groups is 1. The van der Waals surface area contributed by atoms with Crippen LogP contribution in [-0.2, 0) is 16.1 Å². The monoisotopic (exact) mass is 539 g/mol. The van der Waals surface area contributed by atoms with Gasteiger partial charge in [-0.2, -0.15) is 0 Å². The zero-order chi connectivity index (χ0) is 27.9. The molecule has 7 heteroatoms. The van der Waals surface area contributed by atoms with Crippen molar-refractivity contribution in [3.8, 4) is 0 Å². The fraction of sp³-hybridized carbons (Fsp3) is 0.394. The van der Waals surface area contributed by atoms with Crippen LogP contribution in [0.5, 0.6) is 0 Å². The van der Waals surface area contributed by atoms with E-state index in [1.54, 1.807) is 18.2 Å². The Bertz CT molecular complexity index is 1310. The Kier molecular flexibility index (Phi) is 8.89. The molecule has 208 valence electrons. The van der Waals surface area contributed by atoms with E-state index in [-0.39, 0.29) is 36.7 Å². The van der Waals surface area contributed by atoms with Crippen LogP contribution in [0.2, 0.25) is 0 Å². The molecule has 1 saturated carbocycles. The Morgan fingerprint density at radius 1 is 0.825 bits per heavy atom. The average Bonchev–Trinajstić information content (AvgIpc) is 3.25. The highest BCUT2D eigenvalue weighted by Gasteiger charge is 2.39. The number of piperidine rings is 1. The molecule has 2 N–H and O–H groups in total. The maximum absolute atomic E-state index is 13.7. The van der Waals surface area contributed by atoms with E-state index in [4.69, 9.17) is 0 Å². The molecule has 2 heterocycles. The minimum Gasteiger partial charge on any atom is -0.345 e. The van der Waals surface area contributed by atoms with Crippen molar-refractivity contribution in [1.82, 2.24) is 15.5 Å². The van der Waals surface area contributed by atoms with E-state index in [0.717, 1.165) is 36.8 Å². The number of hydrogen-bond acceptors (Lipinski definition) is 4. The number of nitrogens with one attached hydrogen (secondary N) is 2. The fourth-order valence-corrected chi connectivity index (χ4v) is 6.15. The first-order chi connectivity index (χ1) is 19.5. The van der Waals surface area contributed by atoms with Crippen LogP contribution in [0.3, 0.4) is 0 Å². The maximum atomic E-state index is 13.7. The minimum absolute atomic E-state index is 0.141. The van der Waals surface area contributed by atoms with Crippen LogP contribution in [0, 0.1) is 5.92 Å². The van der Waals surface area contributed by atoms with Crippen LogP contribution < -0.4 is 10.6 Å². The Hall–Kier alpha value is -4.00. The van der Waals surface area contributed by atoms with Gasteiger partial charge < -0.3 is 10.2 Å². The lowest BCUT2D eigenvalue weighted by atomic mass is 9.83. The van der Waals surface area contributed by atoms with Gasteiger partial charge in [0, 0.05) is 24.1 Å². The molecule has 5 rings (SSSR count). The third-order valence-electron chi connectivity index (χ3n) is 8.30. The molecule has 2 aliphatic heterocycles. The number of nitrogens with zero attached hydrogens (tertiary/aromatic N) is 1. The predicted octanol–water partition coefficient (Wildman–Crippen LogP) is 5.40. The van der Waals surface area contributed by atoms with Gasteiger partial charge in [-0.05, 0) is 54.5 Å². The van der Waals surface area contributed by atoms with Crippen LogP contribution in [0.4, 0.5) is 0 Å². The van der Waals surface area contributed by atoms with Crippen molar-refractivity contribution in [2.45, 2.75) is 76.4 Å². The van der Waals surface area contributed by atoms with Crippen molar-refractivity contribution >= 4 is 23.6 Å². The Balaban J connectivity index is 1.39. The Morgan fingerprint density at radius 2 is 1.48 bits per heavy atom. The SMILES string of the molecule is O=C1CCC(N2Cc3cc(C(=O)NC(c4ccccccccc4)C4CCCCCCC4)ccc3C2=O)C(=O)N1. The fourth-order valence-electron chi connectivity index (χ4n) is 6.15. The lowest BCUT2D eigenvalue weighted by Gasteiger charge is -2.30. The largest absolute Gasteiger partial charge is 0.345 e. The smallest absolute Gasteiger partial charge is 0.255 e. The van der Waals surface area contributed by atoms with E-state index in [9.17, 15) is 19.2 Å². The van der Waals surface area contributed by atoms with Crippen LogP contribution in [0.15, 0.2) is 72.8 Å². The Morgan fingerprint density at radius 3 is 2.15 bits per heavy atom. The van der Waals surface area contributed by atoms with Crippen LogP contribution in [0.1, 0.15) is 95.7 Å². The summed E-state index contributed by atoms with van der Waals surface area (Å²) in [6.07, 6.45) is 8.68. The highest BCUT2D eigenvalue weighted by Crippen LogP contribution is 2.34. The van der Waals surface area contributed by atoms with Crippen LogP contribution in [0.25, 0.3) is 0 Å². The minimum atomic E-state index is -0.679. The molecule has 2 fully saturated rings. The second-order valence-electron chi connectivity index (χ2n) is 11.0. The van der Waals surface area contributed by atoms with E-state index in [2.05, 4.69) is 22.8 Å². The number of amides is 4. The molecule has 2 aromatic rings. The van der Waals surface area contributed by atoms with E-state index >= 15 is 0 Å². The van der Waals surface area contributed by atoms with Crippen molar-refractivity contribution < 1.29 is 19.2 Å². The van der Waals surface area contributed by atoms with Gasteiger partial charge in [-0.1, -0.05) is 86.7 Å². The molecule has 2 atom stereocenters. The van der Waals surface area contributed by atoms with Crippen LogP contribution in [-0.4, -0.2) is 34.6 Å². The summed E-state index contributed by atoms with van der Waals surface area (Å²) in [5.41, 5.74) is 2.79. The first-order valence-corrected chi connectivity index (χ1v) is 14.5. The number of rotatable bonds is 5. The predicted molar refractivity (Wildman–Crippen MR) is 153 cm³/mol. The van der Waals surface area contributed by atoms with Gasteiger partial charge in [-0.25, -0.2) is 0 Å². The topological polar surface area (TPSA) is 95.6 Å². The summed E-state index contributed by atoms with van der Waals surface area (Å²) in [5.74, 6) is -0.840. The molecular weight excluding hydrogens is 502 g/mol. The molecule has 3 aliphatic rings. The van der Waals surface area contributed by atoms with Gasteiger partial charge in [-0.15, -0.1) is 0 Å². The quantitative estimate of drug-likeness (QED) is 0.497. The number of carbonyl (C=O) groups excluding carboxylic acids is 4. The summed E-state index contributed by atoms with van der Waals surface area (Å²) in [6.45, 7) is 0.242. The average molecular weight is 540 g/mol. The third-order valence-corrected chi connectivity index (χ3v) is 8.30. The van der Waals surface area contributed by atoms with Crippen molar-refractivity contribution in [2.24, 2.45) is 5.92 Å². The first-order valence-electron chi connectivity index (χ1n) is 14.5. The van der Waals surface area contributed by atoms with Gasteiger partial charge in [0.1, 0.15) is 6.04 Å². The molecule has 4 amide bonds. The number of hydrogen-bond donors (Lipinski definition) is 2. The van der Waals surface area contributed by atoms with Crippen molar-refractivity contribution in [1.29, 1.82) is 0 Å². The lowest BCUT2D eigenvalue weighted by Crippen LogP contribution is -2.52. The lowest BCUT2D eigenvalue weighted by molar-refractivity contribution is -0.136. The van der Waals surface area contributed by atoms with Gasteiger partial charge in [0.2, 0.25) is 11.8 Å². The highest BCUT2D eigenvalue weighted by atomic mass is 16.2. The van der Waals surface area contributed by atoms with Crippen molar-refractivity contribution in [2.75, 3.05) is 0 Å². The molecule has 1 aliphatic carbocycles. The standard InChI is InChI=1S/C33H37N3O4/c37-29-20-19-28(32(39)34-29)36-22-26-21-25(17-18-27(26)33(36)40)31(38)35-30(24-15-11-7-4-8-12-16-24)23-13-9-5-2-1-3-6-10-14-23/h1-3,5-6,9-10,13-14,17-18,21,24,28,30H,4,7-8,11-12,15-16,19-20,22H2,(H,35,38)(H,34,37,39). The van der Waals surface area contributed by atoms with E-state index < -0.39 is 11.9 Å². The molecule has 0 bridgehead atoms. The summed E-state index contributed by atoms with van der Waals surface area (Å²) in [7, 11) is 0. The second-order valence-corrected chi connectivity index (χ2v) is 11.0. The number of fused-ring (bicyclic) bond motifs is 1. The van der Waals surface area contributed by atoms with Crippen molar-refractivity contribution in [3.63, 3.8) is 0 Å². The van der Waals surface area contributed by atoms with Gasteiger partial charge in [0.15, 0.2) is 0 Å². The molecule has 7 nitrogen and oxygen atoms in total. The number of benzene rings is 1. The molecule has 1 saturated heterocycles. The van der Waals surface area contributed by atoms with Gasteiger partial charge in [0.25, 0.3) is 11.8 Å². The molecule has 0 spiro atoms. The molecule has 40 heavy (non-hydrogen) atoms. The third kappa shape index (κ3) is 6.41. The summed E-state index contributed by atoms with van der Waals surface area (Å²) < 4.78 is 0. The second kappa shape index (κ2) is 12.9. The van der Waals surface area contributed by atoms with E-state index in [1.807, 2.05) is 42.5 Å². The summed E-state index contributed by atoms with van der Waals surface area (Å²) >= 11 is 0. The van der Waals surface area contributed by atoms with Crippen molar-refractivity contribution in [3.05, 3.63) is 95.1 Å². The van der Waals surface area contributed by atoms with Gasteiger partial charge in [-0.3, -0.25) is 24.5 Å². The zero-order valence-electron chi connectivity index (χ0n) is 22.8. The zero-order valence-corrected chi connectivity index (χ0v) is 22.8. The molecule has 2 unspecified atom stereocenters. The highest BCUT2D eigenvalue weighted by molar-refractivity contribution is 6.06. The van der Waals surface area contributed by atoms with Gasteiger partial charge in [0.05, 0.1) is 6.04 Å². The summed E-state index contributed by atoms with van der Waals surface area (Å²) in [6, 6.07) is 22.5. The number of carbonyl (C=O) groups is 4. The van der Waals surface area contributed by atoms with E-state index in [1.165, 1.54) is 24.2 Å². The molecule has 2 aromatic carbocycles. The first kappa shape index (κ1) is 27.6. The Labute approximate surface area is 235 Å². The van der Waals surface area contributed by atoms with E-state index in [0.29, 0.717) is 23.5 Å². The maximum Gasteiger partial charge on any atom is 0.255 e. The summed E-state index contributed by atoms with van der Waals surface area (Å²) in [4.78, 5) is 52.3. The molecular formula is C33H37N3O4. The van der Waals surface area contributed by atoms with Gasteiger partial charge >= 0.3 is 0 Å². The molecule has 0 radical (unpaired) electrons. The normalized spacial score (nSPS) is 20.4. The van der Waals surface area contributed by atoms with Crippen LogP contribution >= 0.6 is 0 Å².